The van der Waals surface area contributed by atoms with Crippen molar-refractivity contribution in [3.05, 3.63) is 77.7 Å². The monoisotopic (exact) mass is 370 g/mol. The second-order valence-corrected chi connectivity index (χ2v) is 6.84. The summed E-state index contributed by atoms with van der Waals surface area (Å²) in [5.74, 6) is 1.40. The number of hydrogen-bond acceptors (Lipinski definition) is 7. The van der Waals surface area contributed by atoms with E-state index in [1.807, 2.05) is 24.0 Å². The average molecular weight is 370 g/mol. The van der Waals surface area contributed by atoms with Crippen molar-refractivity contribution in [2.75, 3.05) is 11.6 Å². The third-order valence-electron chi connectivity index (χ3n) is 4.02. The summed E-state index contributed by atoms with van der Waals surface area (Å²) in [4.78, 5) is 30.1. The van der Waals surface area contributed by atoms with E-state index in [0.29, 0.717) is 34.1 Å². The van der Waals surface area contributed by atoms with Crippen molar-refractivity contribution in [3.63, 3.8) is 0 Å². The molecule has 0 amide bonds. The highest BCUT2D eigenvalue weighted by atomic mass is 32.1. The molecule has 0 atom stereocenters. The first-order valence-electron chi connectivity index (χ1n) is 7.83. The lowest BCUT2D eigenvalue weighted by Gasteiger charge is -2.25. The predicted octanol–water partition coefficient (Wildman–Crippen LogP) is 1.60. The largest absolute Gasteiger partial charge is 0.462 e. The fourth-order valence-corrected chi connectivity index (χ4v) is 3.68. The molecule has 0 spiro atoms. The summed E-state index contributed by atoms with van der Waals surface area (Å²) in [7, 11) is 0. The molecule has 2 aromatic heterocycles. The Morgan fingerprint density at radius 2 is 2.19 bits per heavy atom. The number of fused-ring (bicyclic) bond motifs is 1. The molecule has 9 heteroatoms. The first-order chi connectivity index (χ1) is 12.5. The predicted molar refractivity (Wildman–Crippen MR) is 96.8 cm³/mol. The van der Waals surface area contributed by atoms with Gasteiger partial charge in [-0.05, 0) is 25.1 Å². The Kier molecular flexibility index (Phi) is 3.92. The molecule has 3 aromatic rings. The zero-order chi connectivity index (χ0) is 18.3. The molecular formula is C17H14N4O4S. The van der Waals surface area contributed by atoms with E-state index >= 15 is 0 Å². The van der Waals surface area contributed by atoms with Gasteiger partial charge in [0, 0.05) is 23.9 Å². The number of nitro benzene ring substituents is 1. The Labute approximate surface area is 151 Å². The fraction of sp³-hybridized carbons (Fsp3) is 0.176. The van der Waals surface area contributed by atoms with E-state index in [1.54, 1.807) is 22.8 Å². The maximum atomic E-state index is 12.7. The van der Waals surface area contributed by atoms with Gasteiger partial charge in [-0.15, -0.1) is 0 Å². The summed E-state index contributed by atoms with van der Waals surface area (Å²) >= 11 is 1.30. The lowest BCUT2D eigenvalue weighted by molar-refractivity contribution is -0.384. The van der Waals surface area contributed by atoms with Crippen LogP contribution >= 0.6 is 11.3 Å². The number of thiazole rings is 1. The smallest absolute Gasteiger partial charge is 0.271 e. The molecule has 4 rings (SSSR count). The average Bonchev–Trinajstić information content (AvgIpc) is 3.18. The Morgan fingerprint density at radius 3 is 2.92 bits per heavy atom. The number of nitrogens with zero attached hydrogens (tertiary/aromatic N) is 4. The Hall–Kier alpha value is -3.20. The number of furan rings is 1. The number of hydrogen-bond donors (Lipinski definition) is 0. The van der Waals surface area contributed by atoms with Crippen molar-refractivity contribution in [1.29, 1.82) is 0 Å². The van der Waals surface area contributed by atoms with Crippen LogP contribution in [-0.2, 0) is 6.67 Å². The molecule has 0 unspecified atom stereocenters. The topological polar surface area (TPSA) is 93.9 Å². The van der Waals surface area contributed by atoms with Gasteiger partial charge < -0.3 is 9.32 Å². The van der Waals surface area contributed by atoms with Crippen LogP contribution in [0.4, 0.5) is 11.4 Å². The normalized spacial score (nSPS) is 14.2. The zero-order valence-electron chi connectivity index (χ0n) is 13.8. The summed E-state index contributed by atoms with van der Waals surface area (Å²) in [5, 5.41) is 11.0. The molecule has 0 N–H and O–H groups in total. The highest BCUT2D eigenvalue weighted by Crippen LogP contribution is 2.21. The fourth-order valence-electron chi connectivity index (χ4n) is 2.74. The second-order valence-electron chi connectivity index (χ2n) is 5.83. The molecule has 3 heterocycles. The van der Waals surface area contributed by atoms with Crippen molar-refractivity contribution >= 4 is 28.8 Å². The minimum atomic E-state index is -0.439. The Morgan fingerprint density at radius 1 is 1.35 bits per heavy atom. The van der Waals surface area contributed by atoms with Gasteiger partial charge in [-0.1, -0.05) is 17.4 Å². The van der Waals surface area contributed by atoms with Crippen LogP contribution < -0.4 is 19.8 Å². The van der Waals surface area contributed by atoms with Crippen molar-refractivity contribution in [1.82, 2.24) is 4.57 Å². The maximum absolute atomic E-state index is 12.7. The van der Waals surface area contributed by atoms with Crippen LogP contribution in [0, 0.1) is 17.0 Å². The molecular weight excluding hydrogens is 356 g/mol. The van der Waals surface area contributed by atoms with E-state index in [4.69, 9.17) is 4.42 Å². The lowest BCUT2D eigenvalue weighted by Crippen LogP contribution is -2.42. The quantitative estimate of drug-likeness (QED) is 0.516. The van der Waals surface area contributed by atoms with Gasteiger partial charge in [0.1, 0.15) is 24.9 Å². The van der Waals surface area contributed by atoms with Gasteiger partial charge in [-0.25, -0.2) is 4.99 Å². The molecule has 0 saturated heterocycles. The van der Waals surface area contributed by atoms with Crippen LogP contribution in [0.15, 0.2) is 50.6 Å². The summed E-state index contributed by atoms with van der Waals surface area (Å²) in [6.45, 7) is 2.47. The molecule has 0 saturated carbocycles. The van der Waals surface area contributed by atoms with E-state index in [1.165, 1.54) is 23.5 Å². The number of benzene rings is 1. The van der Waals surface area contributed by atoms with Crippen LogP contribution in [0.3, 0.4) is 0 Å². The Balaban J connectivity index is 1.70. The standard InChI is InChI=1S/C17H14N4O4S/c1-11-5-6-14(25-11)8-15-16(22)20-10-19(9-18-17(20)26-15)12-3-2-4-13(7-12)21(23)24/h2-8H,9-10H2,1H3/b15-8+. The number of non-ortho nitro benzene ring substituents is 1. The molecule has 1 aromatic carbocycles. The number of aryl methyl sites for hydroxylation is 1. The molecule has 1 aliphatic rings. The number of nitro groups is 1. The van der Waals surface area contributed by atoms with Gasteiger partial charge in [0.25, 0.3) is 11.2 Å². The molecule has 0 bridgehead atoms. The van der Waals surface area contributed by atoms with E-state index in [2.05, 4.69) is 4.99 Å². The third kappa shape index (κ3) is 2.93. The summed E-state index contributed by atoms with van der Waals surface area (Å²) < 4.78 is 7.60. The van der Waals surface area contributed by atoms with Gasteiger partial charge in [-0.3, -0.25) is 19.5 Å². The maximum Gasteiger partial charge on any atom is 0.271 e. The van der Waals surface area contributed by atoms with Gasteiger partial charge in [0.05, 0.1) is 9.46 Å². The van der Waals surface area contributed by atoms with Gasteiger partial charge in [0.2, 0.25) is 0 Å². The number of anilines is 1. The minimum Gasteiger partial charge on any atom is -0.462 e. The SMILES string of the molecule is Cc1ccc(/C=c2/sc3n(c2=O)CN(c2cccc([N+](=O)[O-])c2)CN=3)o1. The van der Waals surface area contributed by atoms with Gasteiger partial charge in [-0.2, -0.15) is 0 Å². The van der Waals surface area contributed by atoms with E-state index < -0.39 is 4.92 Å². The van der Waals surface area contributed by atoms with Crippen molar-refractivity contribution in [2.45, 2.75) is 13.6 Å². The molecule has 26 heavy (non-hydrogen) atoms. The van der Waals surface area contributed by atoms with Gasteiger partial charge in [0.15, 0.2) is 4.80 Å². The molecule has 1 aliphatic heterocycles. The summed E-state index contributed by atoms with van der Waals surface area (Å²) in [5.41, 5.74) is 0.505. The van der Waals surface area contributed by atoms with E-state index in [9.17, 15) is 14.9 Å². The van der Waals surface area contributed by atoms with E-state index in [-0.39, 0.29) is 11.2 Å². The van der Waals surface area contributed by atoms with Gasteiger partial charge >= 0.3 is 0 Å². The highest BCUT2D eigenvalue weighted by Gasteiger charge is 2.18. The van der Waals surface area contributed by atoms with E-state index in [0.717, 1.165) is 5.76 Å². The molecule has 0 fully saturated rings. The summed E-state index contributed by atoms with van der Waals surface area (Å²) in [6.07, 6.45) is 1.71. The molecule has 8 nitrogen and oxygen atoms in total. The minimum absolute atomic E-state index is 0.00757. The first-order valence-corrected chi connectivity index (χ1v) is 8.64. The second kappa shape index (κ2) is 6.26. The van der Waals surface area contributed by atoms with Crippen LogP contribution in [0.5, 0.6) is 0 Å². The molecule has 0 aliphatic carbocycles. The van der Waals surface area contributed by atoms with Crippen LogP contribution in [0.2, 0.25) is 0 Å². The van der Waals surface area contributed by atoms with Crippen LogP contribution in [-0.4, -0.2) is 16.2 Å². The Bertz CT molecular complexity index is 1170. The summed E-state index contributed by atoms with van der Waals surface area (Å²) in [6, 6.07) is 9.96. The number of rotatable bonds is 3. The van der Waals surface area contributed by atoms with Crippen molar-refractivity contribution < 1.29 is 9.34 Å². The zero-order valence-corrected chi connectivity index (χ0v) is 14.6. The van der Waals surface area contributed by atoms with Crippen molar-refractivity contribution in [3.8, 4) is 0 Å². The first kappa shape index (κ1) is 16.3. The lowest BCUT2D eigenvalue weighted by atomic mass is 10.2. The molecule has 0 radical (unpaired) electrons. The number of aromatic nitrogens is 1. The molecule has 132 valence electrons. The van der Waals surface area contributed by atoms with Crippen molar-refractivity contribution in [2.24, 2.45) is 4.99 Å². The van der Waals surface area contributed by atoms with Crippen LogP contribution in [0.25, 0.3) is 6.08 Å². The highest BCUT2D eigenvalue weighted by molar-refractivity contribution is 7.07. The van der Waals surface area contributed by atoms with Crippen LogP contribution in [0.1, 0.15) is 11.5 Å². The third-order valence-corrected chi connectivity index (χ3v) is 5.06.